The van der Waals surface area contributed by atoms with Crippen molar-refractivity contribution in [2.24, 2.45) is 0 Å². The number of anilines is 2. The molecular formula is C13H14N4O. The second-order valence-electron chi connectivity index (χ2n) is 4.35. The van der Waals surface area contributed by atoms with Gasteiger partial charge in [-0.3, -0.25) is 4.90 Å². The average Bonchev–Trinajstić information content (AvgIpc) is 2.99. The zero-order valence-electron chi connectivity index (χ0n) is 9.76. The van der Waals surface area contributed by atoms with Gasteiger partial charge in [0.1, 0.15) is 0 Å². The number of hydrogen-bond acceptors (Lipinski definition) is 2. The maximum Gasteiger partial charge on any atom is 0.322 e. The van der Waals surface area contributed by atoms with Gasteiger partial charge in [-0.1, -0.05) is 0 Å². The number of amides is 2. The van der Waals surface area contributed by atoms with Crippen LogP contribution in [0.3, 0.4) is 0 Å². The zero-order chi connectivity index (χ0) is 12.5. The van der Waals surface area contributed by atoms with E-state index < -0.39 is 0 Å². The first kappa shape index (κ1) is 10.7. The summed E-state index contributed by atoms with van der Waals surface area (Å²) in [6.45, 7) is 0.626. The number of nitrogen functional groups attached to an aromatic ring is 1. The normalized spacial score (nSPS) is 19.0. The van der Waals surface area contributed by atoms with Crippen LogP contribution in [0.1, 0.15) is 11.6 Å². The maximum atomic E-state index is 11.9. The summed E-state index contributed by atoms with van der Waals surface area (Å²) in [7, 11) is 0. The van der Waals surface area contributed by atoms with Gasteiger partial charge in [0.25, 0.3) is 0 Å². The summed E-state index contributed by atoms with van der Waals surface area (Å²) in [6, 6.07) is 9.23. The Balaban J connectivity index is 1.82. The number of carbonyl (C=O) groups excluding carboxylic acids is 1. The van der Waals surface area contributed by atoms with Gasteiger partial charge in [-0.25, -0.2) is 4.79 Å². The largest absolute Gasteiger partial charge is 0.399 e. The smallest absolute Gasteiger partial charge is 0.322 e. The van der Waals surface area contributed by atoms with Crippen LogP contribution in [-0.4, -0.2) is 17.6 Å². The highest BCUT2D eigenvalue weighted by Crippen LogP contribution is 2.25. The Kier molecular flexibility index (Phi) is 2.44. The van der Waals surface area contributed by atoms with E-state index in [1.165, 1.54) is 0 Å². The number of nitrogens with two attached hydrogens (primary N) is 1. The molecule has 0 aliphatic carbocycles. The van der Waals surface area contributed by atoms with Gasteiger partial charge in [-0.2, -0.15) is 0 Å². The van der Waals surface area contributed by atoms with E-state index in [0.29, 0.717) is 12.2 Å². The number of nitrogens with zero attached hydrogens (tertiary/aromatic N) is 1. The molecule has 0 radical (unpaired) electrons. The summed E-state index contributed by atoms with van der Waals surface area (Å²) in [6.07, 6.45) is 3.75. The van der Waals surface area contributed by atoms with Gasteiger partial charge in [0.15, 0.2) is 0 Å². The lowest BCUT2D eigenvalue weighted by Gasteiger charge is -2.14. The topological polar surface area (TPSA) is 74.2 Å². The number of carbonyl (C=O) groups is 1. The highest BCUT2D eigenvalue weighted by atomic mass is 16.2. The molecule has 5 heteroatoms. The molecule has 2 amide bonds. The highest BCUT2D eigenvalue weighted by Gasteiger charge is 2.30. The first-order valence-corrected chi connectivity index (χ1v) is 5.80. The first-order valence-electron chi connectivity index (χ1n) is 5.80. The Morgan fingerprint density at radius 1 is 1.22 bits per heavy atom. The van der Waals surface area contributed by atoms with Crippen molar-refractivity contribution < 1.29 is 4.79 Å². The molecule has 5 nitrogen and oxygen atoms in total. The molecule has 1 aliphatic heterocycles. The summed E-state index contributed by atoms with van der Waals surface area (Å²) in [4.78, 5) is 16.7. The Bertz CT molecular complexity index is 547. The number of benzene rings is 1. The molecule has 92 valence electrons. The number of urea groups is 1. The summed E-state index contributed by atoms with van der Waals surface area (Å²) in [5.74, 6) is 0. The van der Waals surface area contributed by atoms with Crippen LogP contribution in [0.25, 0.3) is 0 Å². The summed E-state index contributed by atoms with van der Waals surface area (Å²) in [5.41, 5.74) is 8.28. The average molecular weight is 242 g/mol. The standard InChI is InChI=1S/C13H14N4O/c14-10-1-3-11(4-2-10)17-8-12(16-13(17)18)9-5-6-15-7-9/h1-7,12,15H,8,14H2,(H,16,18). The minimum Gasteiger partial charge on any atom is -0.399 e. The van der Waals surface area contributed by atoms with Gasteiger partial charge in [0, 0.05) is 23.8 Å². The number of aromatic amines is 1. The summed E-state index contributed by atoms with van der Waals surface area (Å²) in [5, 5.41) is 2.96. The van der Waals surface area contributed by atoms with Gasteiger partial charge in [0.2, 0.25) is 0 Å². The van der Waals surface area contributed by atoms with Gasteiger partial charge in [-0.15, -0.1) is 0 Å². The van der Waals surface area contributed by atoms with Crippen LogP contribution in [0.15, 0.2) is 42.7 Å². The van der Waals surface area contributed by atoms with Gasteiger partial charge in [-0.05, 0) is 35.9 Å². The Morgan fingerprint density at radius 3 is 2.67 bits per heavy atom. The van der Waals surface area contributed by atoms with Gasteiger partial charge in [0.05, 0.1) is 12.6 Å². The number of nitrogens with one attached hydrogen (secondary N) is 2. The van der Waals surface area contributed by atoms with Crippen molar-refractivity contribution >= 4 is 17.4 Å². The van der Waals surface area contributed by atoms with Crippen LogP contribution in [-0.2, 0) is 0 Å². The van der Waals surface area contributed by atoms with Gasteiger partial charge >= 0.3 is 6.03 Å². The number of hydrogen-bond donors (Lipinski definition) is 3. The maximum absolute atomic E-state index is 11.9. The van der Waals surface area contributed by atoms with Crippen molar-refractivity contribution in [1.82, 2.24) is 10.3 Å². The number of H-pyrrole nitrogens is 1. The molecule has 1 fully saturated rings. The minimum atomic E-state index is -0.0778. The van der Waals surface area contributed by atoms with Crippen LogP contribution in [0.2, 0.25) is 0 Å². The molecule has 1 aliphatic rings. The molecule has 2 heterocycles. The molecule has 0 bridgehead atoms. The molecule has 3 rings (SSSR count). The second-order valence-corrected chi connectivity index (χ2v) is 4.35. The number of aromatic nitrogens is 1. The third-order valence-corrected chi connectivity index (χ3v) is 3.14. The molecule has 1 atom stereocenters. The van der Waals surface area contributed by atoms with Crippen molar-refractivity contribution in [2.75, 3.05) is 17.2 Å². The van der Waals surface area contributed by atoms with E-state index in [9.17, 15) is 4.79 Å². The van der Waals surface area contributed by atoms with Crippen molar-refractivity contribution in [3.63, 3.8) is 0 Å². The molecule has 4 N–H and O–H groups in total. The van der Waals surface area contributed by atoms with Crippen molar-refractivity contribution in [1.29, 1.82) is 0 Å². The fourth-order valence-corrected chi connectivity index (χ4v) is 2.16. The van der Waals surface area contributed by atoms with Crippen molar-refractivity contribution in [3.05, 3.63) is 48.3 Å². The third kappa shape index (κ3) is 1.79. The highest BCUT2D eigenvalue weighted by molar-refractivity contribution is 5.94. The van der Waals surface area contributed by atoms with E-state index >= 15 is 0 Å². The number of rotatable bonds is 2. The predicted molar refractivity (Wildman–Crippen MR) is 70.3 cm³/mol. The molecule has 1 aromatic heterocycles. The van der Waals surface area contributed by atoms with E-state index in [-0.39, 0.29) is 12.1 Å². The van der Waals surface area contributed by atoms with Crippen LogP contribution in [0.4, 0.5) is 16.2 Å². The summed E-state index contributed by atoms with van der Waals surface area (Å²) < 4.78 is 0. The van der Waals surface area contributed by atoms with Crippen LogP contribution < -0.4 is 16.0 Å². The Labute approximate surface area is 105 Å². The molecule has 1 unspecified atom stereocenters. The monoisotopic (exact) mass is 242 g/mol. The SMILES string of the molecule is Nc1ccc(N2CC(c3cc[nH]c3)NC2=O)cc1. The fourth-order valence-electron chi connectivity index (χ4n) is 2.16. The van der Waals surface area contributed by atoms with E-state index in [2.05, 4.69) is 10.3 Å². The molecular weight excluding hydrogens is 228 g/mol. The Morgan fingerprint density at radius 2 is 2.00 bits per heavy atom. The summed E-state index contributed by atoms with van der Waals surface area (Å²) >= 11 is 0. The lowest BCUT2D eigenvalue weighted by atomic mass is 10.1. The molecule has 1 saturated heterocycles. The fraction of sp³-hybridized carbons (Fsp3) is 0.154. The molecule has 2 aromatic rings. The van der Waals surface area contributed by atoms with E-state index in [0.717, 1.165) is 11.3 Å². The molecule has 1 aromatic carbocycles. The van der Waals surface area contributed by atoms with Crippen molar-refractivity contribution in [3.8, 4) is 0 Å². The Hall–Kier alpha value is -2.43. The lowest BCUT2D eigenvalue weighted by Crippen LogP contribution is -2.27. The van der Waals surface area contributed by atoms with Gasteiger partial charge < -0.3 is 16.0 Å². The first-order chi connectivity index (χ1) is 8.74. The third-order valence-electron chi connectivity index (χ3n) is 3.14. The molecule has 0 spiro atoms. The molecule has 18 heavy (non-hydrogen) atoms. The molecule has 0 saturated carbocycles. The van der Waals surface area contributed by atoms with Crippen molar-refractivity contribution in [2.45, 2.75) is 6.04 Å². The van der Waals surface area contributed by atoms with Crippen LogP contribution in [0, 0.1) is 0 Å². The van der Waals surface area contributed by atoms with Crippen LogP contribution >= 0.6 is 0 Å². The minimum absolute atomic E-state index is 0.0290. The van der Waals surface area contributed by atoms with E-state index in [1.54, 1.807) is 17.0 Å². The van der Waals surface area contributed by atoms with Crippen LogP contribution in [0.5, 0.6) is 0 Å². The zero-order valence-corrected chi connectivity index (χ0v) is 9.76. The lowest BCUT2D eigenvalue weighted by molar-refractivity contribution is 0.251. The predicted octanol–water partition coefficient (Wildman–Crippen LogP) is 1.87. The second kappa shape index (κ2) is 4.10. The quantitative estimate of drug-likeness (QED) is 0.703. The van der Waals surface area contributed by atoms with E-state index in [1.807, 2.05) is 30.6 Å². The van der Waals surface area contributed by atoms with E-state index in [4.69, 9.17) is 5.73 Å².